The van der Waals surface area contributed by atoms with Crippen molar-refractivity contribution in [3.8, 4) is 0 Å². The predicted molar refractivity (Wildman–Crippen MR) is 127 cm³/mol. The molecule has 0 aliphatic carbocycles. The lowest BCUT2D eigenvalue weighted by atomic mass is 10.2. The van der Waals surface area contributed by atoms with Crippen LogP contribution in [-0.2, 0) is 4.74 Å². The lowest BCUT2D eigenvalue weighted by Gasteiger charge is -1.96. The quantitative estimate of drug-likeness (QED) is 0.261. The number of hydrogen-bond donors (Lipinski definition) is 1. The highest BCUT2D eigenvalue weighted by Crippen LogP contribution is 2.31. The molecule has 4 aromatic rings. The van der Waals surface area contributed by atoms with E-state index >= 15 is 0 Å². The number of aryl methyl sites for hydroxylation is 2. The van der Waals surface area contributed by atoms with Crippen LogP contribution in [0.5, 0.6) is 0 Å². The van der Waals surface area contributed by atoms with Gasteiger partial charge in [-0.3, -0.25) is 0 Å². The molecule has 2 heterocycles. The topological polar surface area (TPSA) is 63.6 Å². The number of carboxylic acid groups (broad SMARTS) is 1. The molecule has 2 aromatic carbocycles. The monoisotopic (exact) mass is 554 g/mol. The van der Waals surface area contributed by atoms with Gasteiger partial charge in [-0.15, -0.1) is 22.7 Å². The molecular weight excluding hydrogens is 540 g/mol. The van der Waals surface area contributed by atoms with Crippen LogP contribution in [0.25, 0.3) is 20.2 Å². The van der Waals surface area contributed by atoms with Gasteiger partial charge in [-0.1, -0.05) is 31.9 Å². The number of carbonyl (C=O) groups excluding carboxylic acids is 1. The van der Waals surface area contributed by atoms with Gasteiger partial charge in [0.15, 0.2) is 0 Å². The van der Waals surface area contributed by atoms with Gasteiger partial charge in [0.25, 0.3) is 0 Å². The van der Waals surface area contributed by atoms with E-state index in [-0.39, 0.29) is 5.97 Å². The Morgan fingerprint density at radius 2 is 1.28 bits per heavy atom. The fourth-order valence-corrected chi connectivity index (χ4v) is 5.39. The van der Waals surface area contributed by atoms with Crippen molar-refractivity contribution in [3.63, 3.8) is 0 Å². The molecule has 29 heavy (non-hydrogen) atoms. The summed E-state index contributed by atoms with van der Waals surface area (Å²) in [6, 6.07) is 11.6. The molecule has 2 aromatic heterocycles. The molecule has 0 aliphatic rings. The first kappa shape index (κ1) is 22.0. The summed E-state index contributed by atoms with van der Waals surface area (Å²) in [5.74, 6) is -1.13. The molecule has 8 heteroatoms. The van der Waals surface area contributed by atoms with Gasteiger partial charge in [0, 0.05) is 18.3 Å². The summed E-state index contributed by atoms with van der Waals surface area (Å²) < 4.78 is 8.88. The third-order valence-corrected chi connectivity index (χ3v) is 8.06. The number of ether oxygens (including phenoxy) is 1. The molecule has 0 fully saturated rings. The van der Waals surface area contributed by atoms with Gasteiger partial charge in [-0.25, -0.2) is 9.59 Å². The summed E-state index contributed by atoms with van der Waals surface area (Å²) in [5.41, 5.74) is 2.29. The van der Waals surface area contributed by atoms with Crippen molar-refractivity contribution in [2.75, 3.05) is 7.11 Å². The highest BCUT2D eigenvalue weighted by Gasteiger charge is 2.11. The van der Waals surface area contributed by atoms with Gasteiger partial charge in [-0.05, 0) is 72.1 Å². The van der Waals surface area contributed by atoms with Crippen LogP contribution in [0.15, 0.2) is 45.3 Å². The Hall–Kier alpha value is -1.74. The average Bonchev–Trinajstić information content (AvgIpc) is 3.26. The van der Waals surface area contributed by atoms with E-state index in [1.54, 1.807) is 6.07 Å². The molecule has 0 saturated heterocycles. The zero-order valence-electron chi connectivity index (χ0n) is 15.7. The number of carboxylic acids is 1. The summed E-state index contributed by atoms with van der Waals surface area (Å²) in [5, 5.41) is 10.9. The van der Waals surface area contributed by atoms with Crippen molar-refractivity contribution < 1.29 is 19.4 Å². The Kier molecular flexibility index (Phi) is 6.78. The van der Waals surface area contributed by atoms with Crippen molar-refractivity contribution in [1.29, 1.82) is 0 Å². The number of fused-ring (bicyclic) bond motifs is 2. The zero-order chi connectivity index (χ0) is 21.3. The zero-order valence-corrected chi connectivity index (χ0v) is 20.5. The Morgan fingerprint density at radius 1 is 0.828 bits per heavy atom. The smallest absolute Gasteiger partial charge is 0.348 e. The van der Waals surface area contributed by atoms with Gasteiger partial charge in [0.05, 0.1) is 7.11 Å². The van der Waals surface area contributed by atoms with E-state index in [0.717, 1.165) is 34.7 Å². The van der Waals surface area contributed by atoms with Gasteiger partial charge in [-0.2, -0.15) is 0 Å². The van der Waals surface area contributed by atoms with Crippen LogP contribution in [0.1, 0.15) is 30.5 Å². The molecule has 0 saturated carbocycles. The minimum atomic E-state index is -0.861. The maximum absolute atomic E-state index is 11.3. The molecule has 0 spiro atoms. The van der Waals surface area contributed by atoms with Crippen LogP contribution in [0.3, 0.4) is 0 Å². The second kappa shape index (κ2) is 8.95. The van der Waals surface area contributed by atoms with Crippen molar-refractivity contribution in [2.24, 2.45) is 0 Å². The second-order valence-corrected chi connectivity index (χ2v) is 10.2. The molecule has 0 atom stereocenters. The highest BCUT2D eigenvalue weighted by molar-refractivity contribution is 9.10. The number of hydrogen-bond acceptors (Lipinski definition) is 5. The van der Waals surface area contributed by atoms with Gasteiger partial charge in [0.1, 0.15) is 9.75 Å². The molecule has 1 N–H and O–H groups in total. The molecule has 0 amide bonds. The Balaban J connectivity index is 0.000000166. The van der Waals surface area contributed by atoms with Crippen LogP contribution < -0.4 is 0 Å². The second-order valence-electron chi connectivity index (χ2n) is 6.30. The molecule has 0 unspecified atom stereocenters. The van der Waals surface area contributed by atoms with Crippen molar-refractivity contribution in [1.82, 2.24) is 0 Å². The molecule has 150 valence electrons. The molecule has 0 radical (unpaired) electrons. The first-order valence-electron chi connectivity index (χ1n) is 8.40. The van der Waals surface area contributed by atoms with Crippen molar-refractivity contribution in [2.45, 2.75) is 13.8 Å². The van der Waals surface area contributed by atoms with E-state index in [1.807, 2.05) is 38.1 Å². The van der Waals surface area contributed by atoms with Gasteiger partial charge in [0.2, 0.25) is 0 Å². The molecular formula is C21H16Br2O4S2. The number of esters is 1. The van der Waals surface area contributed by atoms with E-state index in [9.17, 15) is 9.59 Å². The van der Waals surface area contributed by atoms with E-state index in [2.05, 4.69) is 42.7 Å². The number of carbonyl (C=O) groups is 2. The Bertz CT molecular complexity index is 1160. The van der Waals surface area contributed by atoms with Crippen LogP contribution >= 0.6 is 54.5 Å². The lowest BCUT2D eigenvalue weighted by Crippen LogP contribution is -1.96. The number of methoxy groups -OCH3 is 1. The summed E-state index contributed by atoms with van der Waals surface area (Å²) in [6.45, 7) is 4.02. The Labute approximate surface area is 192 Å². The molecule has 0 aliphatic heterocycles. The maximum Gasteiger partial charge on any atom is 0.348 e. The first-order valence-corrected chi connectivity index (χ1v) is 11.6. The summed E-state index contributed by atoms with van der Waals surface area (Å²) in [4.78, 5) is 23.1. The predicted octanol–water partition coefficient (Wildman–Crippen LogP) is 7.43. The number of rotatable bonds is 2. The highest BCUT2D eigenvalue weighted by atomic mass is 79.9. The summed E-state index contributed by atoms with van der Waals surface area (Å²) in [7, 11) is 1.40. The van der Waals surface area contributed by atoms with Crippen LogP contribution in [0, 0.1) is 13.8 Å². The third kappa shape index (κ3) is 4.88. The van der Waals surface area contributed by atoms with Crippen LogP contribution in [0.2, 0.25) is 0 Å². The van der Waals surface area contributed by atoms with E-state index in [1.165, 1.54) is 35.3 Å². The Morgan fingerprint density at radius 3 is 1.72 bits per heavy atom. The standard InChI is InChI=1S/C11H9BrO2S.C10H7BrO2S/c1-6-3-9-7(4-8(6)12)5-10(15-9)11(13)14-2;1-5-2-8-6(3-7(5)11)4-9(14-8)10(12)13/h3-5H,1-2H3;2-4H,1H3,(H,12,13). The van der Waals surface area contributed by atoms with E-state index in [0.29, 0.717) is 9.75 Å². The van der Waals surface area contributed by atoms with Crippen molar-refractivity contribution >= 4 is 86.6 Å². The maximum atomic E-state index is 11.3. The fraction of sp³-hybridized carbons (Fsp3) is 0.143. The first-order chi connectivity index (χ1) is 13.7. The fourth-order valence-electron chi connectivity index (χ4n) is 2.63. The molecule has 0 bridgehead atoms. The minimum Gasteiger partial charge on any atom is -0.477 e. The van der Waals surface area contributed by atoms with Crippen molar-refractivity contribution in [3.05, 3.63) is 66.2 Å². The number of thiophene rings is 2. The van der Waals surface area contributed by atoms with Crippen LogP contribution in [-0.4, -0.2) is 24.2 Å². The number of aromatic carboxylic acids is 1. The molecule has 4 nitrogen and oxygen atoms in total. The van der Waals surface area contributed by atoms with Gasteiger partial charge < -0.3 is 9.84 Å². The number of benzene rings is 2. The summed E-state index contributed by atoms with van der Waals surface area (Å²) >= 11 is 9.65. The SMILES string of the molecule is COC(=O)c1cc2cc(Br)c(C)cc2s1.Cc1cc2sc(C(=O)O)cc2cc1Br. The van der Waals surface area contributed by atoms with E-state index in [4.69, 9.17) is 5.11 Å². The number of halogens is 2. The lowest BCUT2D eigenvalue weighted by molar-refractivity contribution is 0.0605. The van der Waals surface area contributed by atoms with E-state index < -0.39 is 5.97 Å². The molecule has 4 rings (SSSR count). The third-order valence-electron chi connectivity index (χ3n) is 4.19. The largest absolute Gasteiger partial charge is 0.477 e. The normalized spacial score (nSPS) is 10.7. The van der Waals surface area contributed by atoms with Crippen LogP contribution in [0.4, 0.5) is 0 Å². The minimum absolute atomic E-state index is 0.273. The summed E-state index contributed by atoms with van der Waals surface area (Å²) in [6.07, 6.45) is 0. The average molecular weight is 556 g/mol. The van der Waals surface area contributed by atoms with Gasteiger partial charge >= 0.3 is 11.9 Å².